The van der Waals surface area contributed by atoms with Gasteiger partial charge in [-0.3, -0.25) is 4.68 Å². The number of aliphatic hydroxyl groups excluding tert-OH is 1. The number of nitrogens with zero attached hydrogens (tertiary/aromatic N) is 3. The third-order valence-electron chi connectivity index (χ3n) is 2.71. The van der Waals surface area contributed by atoms with Gasteiger partial charge in [0.15, 0.2) is 0 Å². The van der Waals surface area contributed by atoms with Gasteiger partial charge in [0.2, 0.25) is 0 Å². The number of hydrogen-bond acceptors (Lipinski definition) is 4. The van der Waals surface area contributed by atoms with E-state index >= 15 is 0 Å². The third kappa shape index (κ3) is 3.83. The minimum atomic E-state index is -0.656. The minimum absolute atomic E-state index is 0.169. The Hall–Kier alpha value is -1.84. The largest absolute Gasteiger partial charge is 0.491 e. The first-order chi connectivity index (χ1) is 9.58. The van der Waals surface area contributed by atoms with Crippen molar-refractivity contribution < 1.29 is 9.84 Å². The van der Waals surface area contributed by atoms with Crippen LogP contribution in [0.5, 0.6) is 5.75 Å². The predicted molar refractivity (Wildman–Crippen MR) is 77.3 cm³/mol. The Morgan fingerprint density at radius 1 is 1.45 bits per heavy atom. The molecular formula is C14H14BrN3O2. The maximum atomic E-state index is 9.91. The lowest BCUT2D eigenvalue weighted by atomic mass is 10.2. The zero-order valence-corrected chi connectivity index (χ0v) is 12.5. The zero-order valence-electron chi connectivity index (χ0n) is 11.0. The first-order valence-electron chi connectivity index (χ1n) is 6.09. The molecule has 1 heterocycles. The molecule has 0 unspecified atom stereocenters. The number of benzene rings is 1. The van der Waals surface area contributed by atoms with Crippen molar-refractivity contribution in [3.63, 3.8) is 0 Å². The minimum Gasteiger partial charge on any atom is -0.491 e. The van der Waals surface area contributed by atoms with E-state index in [1.807, 2.05) is 19.2 Å². The van der Waals surface area contributed by atoms with Gasteiger partial charge in [-0.2, -0.15) is 10.4 Å². The molecule has 0 aliphatic carbocycles. The molecule has 5 nitrogen and oxygen atoms in total. The molecule has 0 fully saturated rings. The van der Waals surface area contributed by atoms with Crippen LogP contribution >= 0.6 is 15.9 Å². The maximum absolute atomic E-state index is 9.91. The van der Waals surface area contributed by atoms with Crippen molar-refractivity contribution in [3.8, 4) is 11.8 Å². The molecule has 1 N–H and O–H groups in total. The number of halogens is 1. The summed E-state index contributed by atoms with van der Waals surface area (Å²) in [6, 6.07) is 8.81. The van der Waals surface area contributed by atoms with Crippen LogP contribution in [0.1, 0.15) is 11.3 Å². The molecule has 20 heavy (non-hydrogen) atoms. The van der Waals surface area contributed by atoms with Crippen LogP contribution in [0.3, 0.4) is 0 Å². The quantitative estimate of drug-likeness (QED) is 0.909. The molecule has 6 heteroatoms. The molecule has 104 valence electrons. The summed E-state index contributed by atoms with van der Waals surface area (Å²) in [4.78, 5) is 0. The summed E-state index contributed by atoms with van der Waals surface area (Å²) in [6.45, 7) is 2.42. The number of nitriles is 1. The summed E-state index contributed by atoms with van der Waals surface area (Å²) in [5, 5.41) is 22.8. The first-order valence-corrected chi connectivity index (χ1v) is 6.88. The van der Waals surface area contributed by atoms with Crippen molar-refractivity contribution in [2.24, 2.45) is 0 Å². The average Bonchev–Trinajstić information content (AvgIpc) is 2.75. The van der Waals surface area contributed by atoms with E-state index in [0.29, 0.717) is 17.9 Å². The number of rotatable bonds is 5. The van der Waals surface area contributed by atoms with E-state index in [9.17, 15) is 5.11 Å². The van der Waals surface area contributed by atoms with Crippen molar-refractivity contribution in [2.45, 2.75) is 19.6 Å². The lowest BCUT2D eigenvalue weighted by Crippen LogP contribution is -2.23. The fourth-order valence-electron chi connectivity index (χ4n) is 1.67. The maximum Gasteiger partial charge on any atom is 0.119 e. The molecule has 1 aromatic carbocycles. The average molecular weight is 336 g/mol. The van der Waals surface area contributed by atoms with Gasteiger partial charge in [0.05, 0.1) is 28.3 Å². The van der Waals surface area contributed by atoms with Crippen molar-refractivity contribution in [1.82, 2.24) is 9.78 Å². The molecule has 0 spiro atoms. The molecule has 0 radical (unpaired) electrons. The number of aromatic nitrogens is 2. The Balaban J connectivity index is 1.85. The number of hydrogen-bond donors (Lipinski definition) is 1. The molecule has 0 amide bonds. The zero-order chi connectivity index (χ0) is 14.5. The Labute approximate surface area is 125 Å². The summed E-state index contributed by atoms with van der Waals surface area (Å²) >= 11 is 3.37. The van der Waals surface area contributed by atoms with Crippen molar-refractivity contribution in [1.29, 1.82) is 5.26 Å². The monoisotopic (exact) mass is 335 g/mol. The highest BCUT2D eigenvalue weighted by Crippen LogP contribution is 2.14. The van der Waals surface area contributed by atoms with Gasteiger partial charge < -0.3 is 9.84 Å². The summed E-state index contributed by atoms with van der Waals surface area (Å²) in [6.07, 6.45) is 1.16. The SMILES string of the molecule is Cc1nn(C[C@H](O)COc2ccc(C#N)cc2)cc1Br. The number of aryl methyl sites for hydroxylation is 1. The van der Waals surface area contributed by atoms with Crippen LogP contribution in [0.4, 0.5) is 0 Å². The summed E-state index contributed by atoms with van der Waals surface area (Å²) in [5.41, 5.74) is 1.46. The van der Waals surface area contributed by atoms with E-state index in [4.69, 9.17) is 10.00 Å². The topological polar surface area (TPSA) is 71.1 Å². The fourth-order valence-corrected chi connectivity index (χ4v) is 1.99. The molecule has 0 saturated carbocycles. The van der Waals surface area contributed by atoms with Crippen molar-refractivity contribution in [3.05, 3.63) is 46.2 Å². The lowest BCUT2D eigenvalue weighted by molar-refractivity contribution is 0.0892. The molecule has 0 saturated heterocycles. The molecule has 2 rings (SSSR count). The summed E-state index contributed by atoms with van der Waals surface area (Å²) < 4.78 is 8.05. The van der Waals surface area contributed by atoms with Crippen LogP contribution in [0.15, 0.2) is 34.9 Å². The normalized spacial score (nSPS) is 11.9. The third-order valence-corrected chi connectivity index (χ3v) is 3.49. The smallest absolute Gasteiger partial charge is 0.119 e. The number of aliphatic hydroxyl groups is 1. The van der Waals surface area contributed by atoms with Gasteiger partial charge in [-0.25, -0.2) is 0 Å². The van der Waals surface area contributed by atoms with Crippen LogP contribution in [0.2, 0.25) is 0 Å². The molecular weight excluding hydrogens is 322 g/mol. The molecule has 0 bridgehead atoms. The van der Waals surface area contributed by atoms with Crippen LogP contribution in [-0.2, 0) is 6.54 Å². The second-order valence-electron chi connectivity index (χ2n) is 4.39. The van der Waals surface area contributed by atoms with Gasteiger partial charge in [0.25, 0.3) is 0 Å². The Morgan fingerprint density at radius 3 is 2.70 bits per heavy atom. The van der Waals surface area contributed by atoms with Gasteiger partial charge in [-0.1, -0.05) is 0 Å². The predicted octanol–water partition coefficient (Wildman–Crippen LogP) is 2.27. The van der Waals surface area contributed by atoms with Crippen molar-refractivity contribution >= 4 is 15.9 Å². The van der Waals surface area contributed by atoms with E-state index in [2.05, 4.69) is 21.0 Å². The second kappa shape index (κ2) is 6.55. The highest BCUT2D eigenvalue weighted by Gasteiger charge is 2.09. The highest BCUT2D eigenvalue weighted by molar-refractivity contribution is 9.10. The summed E-state index contributed by atoms with van der Waals surface area (Å²) in [7, 11) is 0. The molecule has 2 aromatic rings. The lowest BCUT2D eigenvalue weighted by Gasteiger charge is -2.12. The standard InChI is InChI=1S/C14H14BrN3O2/c1-10-14(15)8-18(17-10)7-12(19)9-20-13-4-2-11(6-16)3-5-13/h2-5,8,12,19H,7,9H2,1H3/t12-/m0/s1. The Bertz CT molecular complexity index is 597. The van der Waals surface area contributed by atoms with Gasteiger partial charge in [-0.15, -0.1) is 0 Å². The van der Waals surface area contributed by atoms with Crippen LogP contribution < -0.4 is 4.74 Å². The van der Waals surface area contributed by atoms with Gasteiger partial charge in [-0.05, 0) is 47.1 Å². The Kier molecular flexibility index (Phi) is 4.77. The van der Waals surface area contributed by atoms with E-state index in [-0.39, 0.29) is 6.61 Å². The molecule has 1 atom stereocenters. The fraction of sp³-hybridized carbons (Fsp3) is 0.286. The molecule has 0 aliphatic rings. The van der Waals surface area contributed by atoms with E-state index in [1.165, 1.54) is 0 Å². The van der Waals surface area contributed by atoms with E-state index < -0.39 is 6.10 Å². The second-order valence-corrected chi connectivity index (χ2v) is 5.24. The van der Waals surface area contributed by atoms with Gasteiger partial charge in [0, 0.05) is 6.20 Å². The molecule has 0 aliphatic heterocycles. The van der Waals surface area contributed by atoms with E-state index in [1.54, 1.807) is 28.9 Å². The highest BCUT2D eigenvalue weighted by atomic mass is 79.9. The van der Waals surface area contributed by atoms with E-state index in [0.717, 1.165) is 10.2 Å². The van der Waals surface area contributed by atoms with Crippen LogP contribution in [0.25, 0.3) is 0 Å². The summed E-state index contributed by atoms with van der Waals surface area (Å²) in [5.74, 6) is 0.626. The van der Waals surface area contributed by atoms with Gasteiger partial charge in [0.1, 0.15) is 18.5 Å². The van der Waals surface area contributed by atoms with Crippen molar-refractivity contribution in [2.75, 3.05) is 6.61 Å². The van der Waals surface area contributed by atoms with Crippen LogP contribution in [-0.4, -0.2) is 27.6 Å². The number of ether oxygens (including phenoxy) is 1. The van der Waals surface area contributed by atoms with Crippen LogP contribution in [0, 0.1) is 18.3 Å². The Morgan fingerprint density at radius 2 is 2.15 bits per heavy atom. The molecule has 1 aromatic heterocycles. The van der Waals surface area contributed by atoms with Gasteiger partial charge >= 0.3 is 0 Å². The first kappa shape index (κ1) is 14.6.